The second-order valence-electron chi connectivity index (χ2n) is 5.94. The van der Waals surface area contributed by atoms with Gasteiger partial charge in [0, 0.05) is 17.8 Å². The summed E-state index contributed by atoms with van der Waals surface area (Å²) in [5, 5.41) is 3.61. The fraction of sp³-hybridized carbons (Fsp3) is 0.353. The van der Waals surface area contributed by atoms with Gasteiger partial charge in [0.2, 0.25) is 0 Å². The molecule has 1 aliphatic rings. The molecule has 3 aromatic rings. The lowest BCUT2D eigenvalue weighted by Crippen LogP contribution is -2.16. The van der Waals surface area contributed by atoms with Gasteiger partial charge in [-0.15, -0.1) is 0 Å². The van der Waals surface area contributed by atoms with Crippen LogP contribution in [0.15, 0.2) is 30.7 Å². The molecule has 1 fully saturated rings. The number of H-pyrrole nitrogens is 1. The van der Waals surface area contributed by atoms with Gasteiger partial charge in [-0.1, -0.05) is 18.9 Å². The molecule has 1 aromatic carbocycles. The molecule has 0 saturated heterocycles. The third-order valence-corrected chi connectivity index (χ3v) is 4.34. The van der Waals surface area contributed by atoms with E-state index in [9.17, 15) is 0 Å². The van der Waals surface area contributed by atoms with E-state index in [0.29, 0.717) is 6.04 Å². The summed E-state index contributed by atoms with van der Waals surface area (Å²) in [5.41, 5.74) is 4.17. The molecule has 0 bridgehead atoms. The van der Waals surface area contributed by atoms with E-state index in [4.69, 9.17) is 0 Å². The largest absolute Gasteiger partial charge is 0.367 e. The van der Waals surface area contributed by atoms with Crippen molar-refractivity contribution in [3.8, 4) is 11.1 Å². The summed E-state index contributed by atoms with van der Waals surface area (Å²) in [7, 11) is 0. The molecule has 4 rings (SSSR count). The lowest BCUT2D eigenvalue weighted by Gasteiger charge is -2.16. The first kappa shape index (κ1) is 13.2. The molecule has 5 heteroatoms. The molecule has 0 unspecified atom stereocenters. The number of aromatic nitrogens is 4. The van der Waals surface area contributed by atoms with Crippen LogP contribution in [0.25, 0.3) is 22.2 Å². The van der Waals surface area contributed by atoms with Crippen molar-refractivity contribution in [2.75, 3.05) is 5.32 Å². The third kappa shape index (κ3) is 2.43. The van der Waals surface area contributed by atoms with Crippen LogP contribution in [0.3, 0.4) is 0 Å². The van der Waals surface area contributed by atoms with Gasteiger partial charge >= 0.3 is 0 Å². The van der Waals surface area contributed by atoms with Gasteiger partial charge < -0.3 is 10.3 Å². The number of nitrogens with one attached hydrogen (secondary N) is 2. The van der Waals surface area contributed by atoms with Crippen molar-refractivity contribution >= 4 is 16.9 Å². The Hall–Kier alpha value is -2.43. The number of benzene rings is 1. The second kappa shape index (κ2) is 5.40. The topological polar surface area (TPSA) is 66.5 Å². The highest BCUT2D eigenvalue weighted by molar-refractivity contribution is 5.84. The highest BCUT2D eigenvalue weighted by Crippen LogP contribution is 2.30. The Bertz CT molecular complexity index is 802. The average molecular weight is 293 g/mol. The smallest absolute Gasteiger partial charge is 0.137 e. The van der Waals surface area contributed by atoms with E-state index in [2.05, 4.69) is 37.4 Å². The first-order valence-electron chi connectivity index (χ1n) is 7.83. The van der Waals surface area contributed by atoms with Gasteiger partial charge in [0.05, 0.1) is 17.4 Å². The maximum atomic E-state index is 4.63. The van der Waals surface area contributed by atoms with E-state index in [0.717, 1.165) is 33.8 Å². The minimum atomic E-state index is 0.531. The van der Waals surface area contributed by atoms with Crippen molar-refractivity contribution in [2.24, 2.45) is 0 Å². The number of rotatable bonds is 3. The number of nitrogens with zero attached hydrogens (tertiary/aromatic N) is 3. The van der Waals surface area contributed by atoms with Gasteiger partial charge in [0.25, 0.3) is 0 Å². The zero-order valence-electron chi connectivity index (χ0n) is 12.6. The van der Waals surface area contributed by atoms with E-state index in [1.54, 1.807) is 6.33 Å². The predicted octanol–water partition coefficient (Wildman–Crippen LogP) is 3.68. The summed E-state index contributed by atoms with van der Waals surface area (Å²) in [6.07, 6.45) is 8.69. The molecule has 0 spiro atoms. The first-order valence-corrected chi connectivity index (χ1v) is 7.83. The number of aromatic amines is 1. The average Bonchev–Trinajstić information content (AvgIpc) is 3.17. The number of aryl methyl sites for hydroxylation is 1. The Kier molecular flexibility index (Phi) is 3.25. The maximum Gasteiger partial charge on any atom is 0.137 e. The van der Waals surface area contributed by atoms with Crippen molar-refractivity contribution in [1.82, 2.24) is 19.9 Å². The Balaban J connectivity index is 1.75. The first-order chi connectivity index (χ1) is 10.8. The van der Waals surface area contributed by atoms with E-state index >= 15 is 0 Å². The highest BCUT2D eigenvalue weighted by atomic mass is 15.1. The molecular formula is C17H19N5. The molecule has 2 aromatic heterocycles. The molecule has 2 N–H and O–H groups in total. The molecule has 112 valence electrons. The summed E-state index contributed by atoms with van der Waals surface area (Å²) in [5.74, 6) is 1.74. The van der Waals surface area contributed by atoms with Gasteiger partial charge in [0.1, 0.15) is 11.6 Å². The van der Waals surface area contributed by atoms with Crippen LogP contribution in [0.1, 0.15) is 31.5 Å². The van der Waals surface area contributed by atoms with Crippen molar-refractivity contribution in [2.45, 2.75) is 38.6 Å². The van der Waals surface area contributed by atoms with Crippen molar-refractivity contribution in [1.29, 1.82) is 0 Å². The molecule has 2 heterocycles. The fourth-order valence-electron chi connectivity index (χ4n) is 3.16. The minimum Gasteiger partial charge on any atom is -0.367 e. The van der Waals surface area contributed by atoms with E-state index in [1.807, 2.05) is 19.2 Å². The summed E-state index contributed by atoms with van der Waals surface area (Å²) in [4.78, 5) is 16.4. The van der Waals surface area contributed by atoms with Crippen LogP contribution in [0.5, 0.6) is 0 Å². The monoisotopic (exact) mass is 293 g/mol. The van der Waals surface area contributed by atoms with Gasteiger partial charge in [-0.3, -0.25) is 0 Å². The minimum absolute atomic E-state index is 0.531. The predicted molar refractivity (Wildman–Crippen MR) is 87.7 cm³/mol. The van der Waals surface area contributed by atoms with Gasteiger partial charge in [-0.05, 0) is 37.5 Å². The lowest BCUT2D eigenvalue weighted by atomic mass is 10.1. The summed E-state index contributed by atoms with van der Waals surface area (Å²) >= 11 is 0. The van der Waals surface area contributed by atoms with Crippen LogP contribution in [-0.2, 0) is 0 Å². The summed E-state index contributed by atoms with van der Waals surface area (Å²) in [6.45, 7) is 1.93. The Morgan fingerprint density at radius 3 is 2.91 bits per heavy atom. The summed E-state index contributed by atoms with van der Waals surface area (Å²) in [6, 6.07) is 6.75. The van der Waals surface area contributed by atoms with Crippen molar-refractivity contribution in [3.05, 3.63) is 36.5 Å². The van der Waals surface area contributed by atoms with Crippen LogP contribution >= 0.6 is 0 Å². The SMILES string of the molecule is Cc1ncc(-c2ccc3nc[nH]c3c2)c(NC2CCCC2)n1. The van der Waals surface area contributed by atoms with Crippen LogP contribution in [-0.4, -0.2) is 26.0 Å². The van der Waals surface area contributed by atoms with Gasteiger partial charge in [-0.25, -0.2) is 15.0 Å². The fourth-order valence-corrected chi connectivity index (χ4v) is 3.16. The molecule has 1 saturated carbocycles. The lowest BCUT2D eigenvalue weighted by molar-refractivity contribution is 0.749. The number of imidazole rings is 1. The molecule has 5 nitrogen and oxygen atoms in total. The normalized spacial score (nSPS) is 15.5. The molecule has 0 radical (unpaired) electrons. The van der Waals surface area contributed by atoms with E-state index in [-0.39, 0.29) is 0 Å². The Labute approximate surface area is 129 Å². The number of hydrogen-bond acceptors (Lipinski definition) is 4. The summed E-state index contributed by atoms with van der Waals surface area (Å²) < 4.78 is 0. The van der Waals surface area contributed by atoms with E-state index in [1.165, 1.54) is 25.7 Å². The van der Waals surface area contributed by atoms with Crippen LogP contribution in [0.2, 0.25) is 0 Å². The molecule has 1 aliphatic carbocycles. The standard InChI is InChI=1S/C17H19N5/c1-11-18-9-14(17(21-11)22-13-4-2-3-5-13)12-6-7-15-16(8-12)20-10-19-15/h6-10,13H,2-5H2,1H3,(H,19,20)(H,18,21,22). The molecule has 0 amide bonds. The molecule has 0 atom stereocenters. The Morgan fingerprint density at radius 1 is 1.18 bits per heavy atom. The van der Waals surface area contributed by atoms with E-state index < -0.39 is 0 Å². The zero-order valence-corrected chi connectivity index (χ0v) is 12.6. The molecule has 22 heavy (non-hydrogen) atoms. The number of fused-ring (bicyclic) bond motifs is 1. The van der Waals surface area contributed by atoms with Gasteiger partial charge in [0.15, 0.2) is 0 Å². The second-order valence-corrected chi connectivity index (χ2v) is 5.94. The maximum absolute atomic E-state index is 4.63. The molecule has 0 aliphatic heterocycles. The third-order valence-electron chi connectivity index (χ3n) is 4.34. The molecular weight excluding hydrogens is 274 g/mol. The number of anilines is 1. The van der Waals surface area contributed by atoms with Crippen LogP contribution in [0, 0.1) is 6.92 Å². The zero-order chi connectivity index (χ0) is 14.9. The van der Waals surface area contributed by atoms with Crippen molar-refractivity contribution < 1.29 is 0 Å². The van der Waals surface area contributed by atoms with Gasteiger partial charge in [-0.2, -0.15) is 0 Å². The Morgan fingerprint density at radius 2 is 2.05 bits per heavy atom. The van der Waals surface area contributed by atoms with Crippen molar-refractivity contribution in [3.63, 3.8) is 0 Å². The number of hydrogen-bond donors (Lipinski definition) is 2. The quantitative estimate of drug-likeness (QED) is 0.773. The highest BCUT2D eigenvalue weighted by Gasteiger charge is 2.18. The van der Waals surface area contributed by atoms with Crippen LogP contribution < -0.4 is 5.32 Å². The van der Waals surface area contributed by atoms with Crippen LogP contribution in [0.4, 0.5) is 5.82 Å².